The number of nitrogens with one attached hydrogen (secondary N) is 1. The molecule has 1 aliphatic rings. The summed E-state index contributed by atoms with van der Waals surface area (Å²) in [5.74, 6) is 0.917. The largest absolute Gasteiger partial charge is 0.493 e. The van der Waals surface area contributed by atoms with E-state index in [1.807, 2.05) is 0 Å². The van der Waals surface area contributed by atoms with Crippen LogP contribution in [0.1, 0.15) is 25.7 Å². The van der Waals surface area contributed by atoms with Crippen molar-refractivity contribution in [1.29, 1.82) is 0 Å². The van der Waals surface area contributed by atoms with E-state index in [0.717, 1.165) is 26.1 Å². The van der Waals surface area contributed by atoms with Gasteiger partial charge in [0.15, 0.2) is 11.5 Å². The van der Waals surface area contributed by atoms with Crippen molar-refractivity contribution < 1.29 is 17.9 Å². The van der Waals surface area contributed by atoms with Crippen LogP contribution < -0.4 is 14.2 Å². The summed E-state index contributed by atoms with van der Waals surface area (Å²) in [5, 5.41) is 0. The first-order valence-corrected chi connectivity index (χ1v) is 9.49. The number of likely N-dealkylation sites (tertiary alicyclic amines) is 1. The molecule has 1 aliphatic heterocycles. The second-order valence-corrected chi connectivity index (χ2v) is 7.44. The summed E-state index contributed by atoms with van der Waals surface area (Å²) in [6, 6.07) is 4.60. The quantitative estimate of drug-likeness (QED) is 0.731. The van der Waals surface area contributed by atoms with Gasteiger partial charge in [0.2, 0.25) is 10.0 Å². The average molecular weight is 342 g/mol. The summed E-state index contributed by atoms with van der Waals surface area (Å²) in [7, 11) is -0.520. The molecule has 1 heterocycles. The molecular formula is C16H26N2O4S. The highest BCUT2D eigenvalue weighted by molar-refractivity contribution is 7.89. The predicted molar refractivity (Wildman–Crippen MR) is 89.6 cm³/mol. The Morgan fingerprint density at radius 3 is 2.43 bits per heavy atom. The van der Waals surface area contributed by atoms with E-state index in [2.05, 4.69) is 9.62 Å². The third-order valence-electron chi connectivity index (χ3n) is 4.06. The maximum atomic E-state index is 12.3. The minimum absolute atomic E-state index is 0.188. The lowest BCUT2D eigenvalue weighted by Crippen LogP contribution is -2.33. The lowest BCUT2D eigenvalue weighted by molar-refractivity contribution is 0.227. The Balaban J connectivity index is 1.88. The van der Waals surface area contributed by atoms with Gasteiger partial charge in [-0.2, -0.15) is 0 Å². The summed E-state index contributed by atoms with van der Waals surface area (Å²) in [6.45, 7) is 3.63. The zero-order valence-corrected chi connectivity index (χ0v) is 14.7. The summed E-state index contributed by atoms with van der Waals surface area (Å²) >= 11 is 0. The van der Waals surface area contributed by atoms with Crippen molar-refractivity contribution in [2.45, 2.75) is 30.6 Å². The molecule has 1 N–H and O–H groups in total. The molecule has 0 bridgehead atoms. The smallest absolute Gasteiger partial charge is 0.240 e. The highest BCUT2D eigenvalue weighted by atomic mass is 32.2. The second kappa shape index (κ2) is 8.52. The second-order valence-electron chi connectivity index (χ2n) is 5.67. The van der Waals surface area contributed by atoms with Gasteiger partial charge < -0.3 is 14.4 Å². The number of nitrogens with zero attached hydrogens (tertiary/aromatic N) is 1. The Labute approximate surface area is 138 Å². The molecule has 2 rings (SSSR count). The van der Waals surface area contributed by atoms with Gasteiger partial charge in [-0.3, -0.25) is 0 Å². The fraction of sp³-hybridized carbons (Fsp3) is 0.625. The van der Waals surface area contributed by atoms with Crippen molar-refractivity contribution in [3.8, 4) is 11.5 Å². The van der Waals surface area contributed by atoms with Crippen LogP contribution in [0, 0.1) is 0 Å². The van der Waals surface area contributed by atoms with Gasteiger partial charge in [-0.15, -0.1) is 0 Å². The first-order chi connectivity index (χ1) is 11.1. The zero-order chi connectivity index (χ0) is 16.7. The van der Waals surface area contributed by atoms with Crippen LogP contribution in [-0.4, -0.2) is 53.7 Å². The van der Waals surface area contributed by atoms with Crippen LogP contribution in [0.3, 0.4) is 0 Å². The molecule has 0 saturated carbocycles. The number of piperidine rings is 1. The van der Waals surface area contributed by atoms with Crippen LogP contribution in [0.25, 0.3) is 0 Å². The number of sulfonamides is 1. The normalized spacial score (nSPS) is 16.3. The third kappa shape index (κ3) is 5.09. The molecular weight excluding hydrogens is 316 g/mol. The van der Waals surface area contributed by atoms with Crippen LogP contribution in [0.2, 0.25) is 0 Å². The lowest BCUT2D eigenvalue weighted by atomic mass is 10.1. The molecule has 7 heteroatoms. The Kier molecular flexibility index (Phi) is 6.68. The monoisotopic (exact) mass is 342 g/mol. The maximum absolute atomic E-state index is 12.3. The summed E-state index contributed by atoms with van der Waals surface area (Å²) in [4.78, 5) is 2.59. The van der Waals surface area contributed by atoms with Crippen molar-refractivity contribution in [2.75, 3.05) is 40.4 Å². The van der Waals surface area contributed by atoms with Gasteiger partial charge in [0.1, 0.15) is 0 Å². The topological polar surface area (TPSA) is 67.9 Å². The molecule has 0 atom stereocenters. The van der Waals surface area contributed by atoms with Gasteiger partial charge >= 0.3 is 0 Å². The zero-order valence-electron chi connectivity index (χ0n) is 13.9. The molecule has 1 fully saturated rings. The van der Waals surface area contributed by atoms with E-state index in [-0.39, 0.29) is 4.90 Å². The lowest BCUT2D eigenvalue weighted by Gasteiger charge is -2.26. The minimum atomic E-state index is -3.52. The minimum Gasteiger partial charge on any atom is -0.493 e. The highest BCUT2D eigenvalue weighted by Crippen LogP contribution is 2.29. The molecule has 0 amide bonds. The van der Waals surface area contributed by atoms with Crippen LogP contribution in [-0.2, 0) is 10.0 Å². The molecule has 6 nitrogen and oxygen atoms in total. The van der Waals surface area contributed by atoms with E-state index >= 15 is 0 Å². The van der Waals surface area contributed by atoms with E-state index in [1.54, 1.807) is 6.07 Å². The predicted octanol–water partition coefficient (Wildman–Crippen LogP) is 1.86. The number of hydrogen-bond donors (Lipinski definition) is 1. The number of ether oxygens (including phenoxy) is 2. The average Bonchev–Trinajstić information content (AvgIpc) is 2.59. The van der Waals surface area contributed by atoms with Gasteiger partial charge in [0.05, 0.1) is 19.1 Å². The van der Waals surface area contributed by atoms with Gasteiger partial charge in [0.25, 0.3) is 0 Å². The Hall–Kier alpha value is -1.31. The van der Waals surface area contributed by atoms with Crippen LogP contribution >= 0.6 is 0 Å². The standard InChI is InChI=1S/C16H26N2O4S/c1-21-15-8-7-14(13-16(15)22-2)23(19,20)17-9-6-12-18-10-4-3-5-11-18/h7-8,13,17H,3-6,9-12H2,1-2H3. The van der Waals surface area contributed by atoms with E-state index in [1.165, 1.54) is 45.6 Å². The van der Waals surface area contributed by atoms with Crippen molar-refractivity contribution in [3.63, 3.8) is 0 Å². The molecule has 23 heavy (non-hydrogen) atoms. The van der Waals surface area contributed by atoms with Gasteiger partial charge in [0, 0.05) is 12.6 Å². The summed E-state index contributed by atoms with van der Waals surface area (Å²) < 4.78 is 37.6. The fourth-order valence-electron chi connectivity index (χ4n) is 2.76. The van der Waals surface area contributed by atoms with Crippen LogP contribution in [0.15, 0.2) is 23.1 Å². The van der Waals surface area contributed by atoms with E-state index in [4.69, 9.17) is 9.47 Å². The van der Waals surface area contributed by atoms with Crippen molar-refractivity contribution in [1.82, 2.24) is 9.62 Å². The van der Waals surface area contributed by atoms with Gasteiger partial charge in [-0.05, 0) is 51.0 Å². The van der Waals surface area contributed by atoms with Crippen molar-refractivity contribution in [2.24, 2.45) is 0 Å². The van der Waals surface area contributed by atoms with Crippen LogP contribution in [0.5, 0.6) is 11.5 Å². The highest BCUT2D eigenvalue weighted by Gasteiger charge is 2.17. The Morgan fingerprint density at radius 1 is 1.09 bits per heavy atom. The first-order valence-electron chi connectivity index (χ1n) is 8.01. The summed E-state index contributed by atoms with van der Waals surface area (Å²) in [6.07, 6.45) is 4.61. The molecule has 130 valence electrons. The summed E-state index contributed by atoms with van der Waals surface area (Å²) in [5.41, 5.74) is 0. The van der Waals surface area contributed by atoms with E-state index < -0.39 is 10.0 Å². The molecule has 1 aromatic carbocycles. The number of hydrogen-bond acceptors (Lipinski definition) is 5. The van der Waals surface area contributed by atoms with E-state index in [9.17, 15) is 8.42 Å². The molecule has 1 saturated heterocycles. The number of benzene rings is 1. The van der Waals surface area contributed by atoms with Crippen molar-refractivity contribution >= 4 is 10.0 Å². The SMILES string of the molecule is COc1ccc(S(=O)(=O)NCCCN2CCCCC2)cc1OC. The molecule has 0 radical (unpaired) electrons. The number of rotatable bonds is 8. The number of methoxy groups -OCH3 is 2. The van der Waals surface area contributed by atoms with Crippen molar-refractivity contribution in [3.05, 3.63) is 18.2 Å². The van der Waals surface area contributed by atoms with Gasteiger partial charge in [-0.25, -0.2) is 13.1 Å². The molecule has 0 spiro atoms. The molecule has 0 aliphatic carbocycles. The maximum Gasteiger partial charge on any atom is 0.240 e. The third-order valence-corrected chi connectivity index (χ3v) is 5.52. The van der Waals surface area contributed by atoms with Crippen LogP contribution in [0.4, 0.5) is 0 Å². The van der Waals surface area contributed by atoms with Gasteiger partial charge in [-0.1, -0.05) is 6.42 Å². The molecule has 0 unspecified atom stereocenters. The fourth-order valence-corrected chi connectivity index (χ4v) is 3.85. The Bertz CT molecular complexity index is 598. The Morgan fingerprint density at radius 2 is 1.78 bits per heavy atom. The molecule has 0 aromatic heterocycles. The molecule has 1 aromatic rings. The first kappa shape index (κ1) is 18.0. The van der Waals surface area contributed by atoms with E-state index in [0.29, 0.717) is 18.0 Å².